The molecule has 0 saturated heterocycles. The fraction of sp³-hybridized carbons (Fsp3) is 0.300. The Morgan fingerprint density at radius 3 is 2.72 bits per heavy atom. The molecule has 0 aromatic heterocycles. The number of amides is 1. The second-order valence-electron chi connectivity index (χ2n) is 3.38. The molecule has 5 nitrogen and oxygen atoms in total. The Labute approximate surface area is 113 Å². The van der Waals surface area contributed by atoms with E-state index in [0.717, 1.165) is 0 Å². The molecule has 0 aliphatic rings. The standard InChI is InChI=1S/C10H12BrFN2O3S/c1-13-18(16,17)6-5-14-10(15)7-3-2-4-8(11)9(7)12/h2-4,13H,5-6H2,1H3,(H,14,15). The van der Waals surface area contributed by atoms with Gasteiger partial charge in [-0.25, -0.2) is 17.5 Å². The minimum atomic E-state index is -3.38. The van der Waals surface area contributed by atoms with Gasteiger partial charge in [0, 0.05) is 6.54 Å². The van der Waals surface area contributed by atoms with E-state index in [9.17, 15) is 17.6 Å². The van der Waals surface area contributed by atoms with Gasteiger partial charge in [0.25, 0.3) is 5.91 Å². The van der Waals surface area contributed by atoms with Crippen molar-refractivity contribution in [1.29, 1.82) is 0 Å². The van der Waals surface area contributed by atoms with Crippen molar-refractivity contribution < 1.29 is 17.6 Å². The summed E-state index contributed by atoms with van der Waals surface area (Å²) in [6.07, 6.45) is 0. The van der Waals surface area contributed by atoms with Crippen molar-refractivity contribution in [3.05, 3.63) is 34.1 Å². The fourth-order valence-electron chi connectivity index (χ4n) is 1.18. The first kappa shape index (κ1) is 15.1. The number of nitrogens with one attached hydrogen (secondary N) is 2. The molecule has 0 aliphatic carbocycles. The molecule has 0 aliphatic heterocycles. The Kier molecular flexibility index (Phi) is 5.24. The maximum Gasteiger partial charge on any atom is 0.254 e. The van der Waals surface area contributed by atoms with Gasteiger partial charge in [0.1, 0.15) is 5.82 Å². The van der Waals surface area contributed by atoms with Gasteiger partial charge in [-0.05, 0) is 35.1 Å². The molecule has 0 bridgehead atoms. The number of benzene rings is 1. The van der Waals surface area contributed by atoms with Crippen LogP contribution in [0.5, 0.6) is 0 Å². The van der Waals surface area contributed by atoms with E-state index in [4.69, 9.17) is 0 Å². The van der Waals surface area contributed by atoms with Crippen molar-refractivity contribution in [3.8, 4) is 0 Å². The van der Waals surface area contributed by atoms with Crippen LogP contribution in [0, 0.1) is 5.82 Å². The Bertz CT molecular complexity index is 548. The third kappa shape index (κ3) is 4.04. The zero-order chi connectivity index (χ0) is 13.8. The summed E-state index contributed by atoms with van der Waals surface area (Å²) in [5.41, 5.74) is -0.133. The molecular formula is C10H12BrFN2O3S. The zero-order valence-electron chi connectivity index (χ0n) is 9.54. The third-order valence-electron chi connectivity index (χ3n) is 2.16. The van der Waals surface area contributed by atoms with Gasteiger partial charge in [0.2, 0.25) is 10.0 Å². The van der Waals surface area contributed by atoms with Crippen LogP contribution in [0.1, 0.15) is 10.4 Å². The zero-order valence-corrected chi connectivity index (χ0v) is 11.9. The van der Waals surface area contributed by atoms with Gasteiger partial charge >= 0.3 is 0 Å². The van der Waals surface area contributed by atoms with E-state index in [2.05, 4.69) is 26.0 Å². The van der Waals surface area contributed by atoms with Crippen LogP contribution in [0.2, 0.25) is 0 Å². The van der Waals surface area contributed by atoms with Crippen molar-refractivity contribution in [1.82, 2.24) is 10.0 Å². The fourth-order valence-corrected chi connectivity index (χ4v) is 2.12. The molecule has 18 heavy (non-hydrogen) atoms. The topological polar surface area (TPSA) is 75.3 Å². The number of hydrogen-bond acceptors (Lipinski definition) is 3. The summed E-state index contributed by atoms with van der Waals surface area (Å²) in [4.78, 5) is 11.6. The number of rotatable bonds is 5. The molecule has 2 N–H and O–H groups in total. The number of hydrogen-bond donors (Lipinski definition) is 2. The molecule has 0 unspecified atom stereocenters. The average molecular weight is 339 g/mol. The summed E-state index contributed by atoms with van der Waals surface area (Å²) in [6, 6.07) is 4.31. The van der Waals surface area contributed by atoms with Gasteiger partial charge in [-0.1, -0.05) is 6.07 Å². The first-order valence-electron chi connectivity index (χ1n) is 5.01. The minimum Gasteiger partial charge on any atom is -0.351 e. The SMILES string of the molecule is CNS(=O)(=O)CCNC(=O)c1cccc(Br)c1F. The van der Waals surface area contributed by atoms with Gasteiger partial charge < -0.3 is 5.32 Å². The van der Waals surface area contributed by atoms with Crippen molar-refractivity contribution in [2.45, 2.75) is 0 Å². The van der Waals surface area contributed by atoms with E-state index in [1.54, 1.807) is 0 Å². The minimum absolute atomic E-state index is 0.0893. The highest BCUT2D eigenvalue weighted by atomic mass is 79.9. The van der Waals surface area contributed by atoms with Gasteiger partial charge in [0.15, 0.2) is 0 Å². The van der Waals surface area contributed by atoms with Gasteiger partial charge in [0.05, 0.1) is 15.8 Å². The van der Waals surface area contributed by atoms with Gasteiger partial charge in [-0.15, -0.1) is 0 Å². The first-order chi connectivity index (χ1) is 8.37. The number of halogens is 2. The van der Waals surface area contributed by atoms with Crippen LogP contribution in [-0.2, 0) is 10.0 Å². The van der Waals surface area contributed by atoms with Gasteiger partial charge in [-0.2, -0.15) is 0 Å². The second-order valence-corrected chi connectivity index (χ2v) is 6.28. The van der Waals surface area contributed by atoms with Crippen LogP contribution in [0.4, 0.5) is 4.39 Å². The van der Waals surface area contributed by atoms with E-state index < -0.39 is 21.7 Å². The highest BCUT2D eigenvalue weighted by molar-refractivity contribution is 9.10. The van der Waals surface area contributed by atoms with E-state index in [1.165, 1.54) is 25.2 Å². The largest absolute Gasteiger partial charge is 0.351 e. The molecule has 0 spiro atoms. The highest BCUT2D eigenvalue weighted by Gasteiger charge is 2.14. The summed E-state index contributed by atoms with van der Waals surface area (Å²) >= 11 is 2.96. The van der Waals surface area contributed by atoms with Crippen molar-refractivity contribution in [3.63, 3.8) is 0 Å². The van der Waals surface area contributed by atoms with E-state index >= 15 is 0 Å². The van der Waals surface area contributed by atoms with Crippen molar-refractivity contribution in [2.24, 2.45) is 0 Å². The van der Waals surface area contributed by atoms with Crippen molar-refractivity contribution in [2.75, 3.05) is 19.3 Å². The molecule has 0 saturated carbocycles. The molecule has 0 atom stereocenters. The molecule has 1 aromatic carbocycles. The predicted molar refractivity (Wildman–Crippen MR) is 69.3 cm³/mol. The van der Waals surface area contributed by atoms with E-state index in [-0.39, 0.29) is 22.3 Å². The Morgan fingerprint density at radius 1 is 1.44 bits per heavy atom. The maximum absolute atomic E-state index is 13.5. The summed E-state index contributed by atoms with van der Waals surface area (Å²) in [7, 11) is -2.10. The van der Waals surface area contributed by atoms with Crippen LogP contribution < -0.4 is 10.0 Å². The summed E-state index contributed by atoms with van der Waals surface area (Å²) in [5, 5.41) is 2.34. The lowest BCUT2D eigenvalue weighted by molar-refractivity contribution is 0.0952. The molecule has 8 heteroatoms. The summed E-state index contributed by atoms with van der Waals surface area (Å²) < 4.78 is 38.0. The van der Waals surface area contributed by atoms with Crippen LogP contribution >= 0.6 is 15.9 Å². The molecule has 100 valence electrons. The molecular weight excluding hydrogens is 327 g/mol. The predicted octanol–water partition coefficient (Wildman–Crippen LogP) is 0.867. The summed E-state index contributed by atoms with van der Waals surface area (Å²) in [6.45, 7) is -0.0893. The highest BCUT2D eigenvalue weighted by Crippen LogP contribution is 2.18. The van der Waals surface area contributed by atoms with Crippen LogP contribution in [0.25, 0.3) is 0 Å². The Hall–Kier alpha value is -0.990. The van der Waals surface area contributed by atoms with Crippen LogP contribution in [0.3, 0.4) is 0 Å². The average Bonchev–Trinajstić information content (AvgIpc) is 2.32. The number of carbonyl (C=O) groups excluding carboxylic acids is 1. The van der Waals surface area contributed by atoms with Crippen LogP contribution in [0.15, 0.2) is 22.7 Å². The van der Waals surface area contributed by atoms with E-state index in [0.29, 0.717) is 0 Å². The monoisotopic (exact) mass is 338 g/mol. The Morgan fingerprint density at radius 2 is 2.11 bits per heavy atom. The molecule has 1 aromatic rings. The lowest BCUT2D eigenvalue weighted by atomic mass is 10.2. The quantitative estimate of drug-likeness (QED) is 0.836. The van der Waals surface area contributed by atoms with Gasteiger partial charge in [-0.3, -0.25) is 4.79 Å². The lowest BCUT2D eigenvalue weighted by Gasteiger charge is -2.07. The van der Waals surface area contributed by atoms with E-state index in [1.807, 2.05) is 0 Å². The molecule has 1 rings (SSSR count). The molecule has 1 amide bonds. The third-order valence-corrected chi connectivity index (χ3v) is 4.14. The first-order valence-corrected chi connectivity index (χ1v) is 7.45. The molecule has 0 radical (unpaired) electrons. The normalized spacial score (nSPS) is 11.3. The molecule has 0 heterocycles. The summed E-state index contributed by atoms with van der Waals surface area (Å²) in [5.74, 6) is -1.59. The lowest BCUT2D eigenvalue weighted by Crippen LogP contribution is -2.33. The number of sulfonamides is 1. The smallest absolute Gasteiger partial charge is 0.254 e. The Balaban J connectivity index is 2.64. The molecule has 0 fully saturated rings. The van der Waals surface area contributed by atoms with Crippen molar-refractivity contribution >= 4 is 31.9 Å². The maximum atomic E-state index is 13.5. The van der Waals surface area contributed by atoms with Crippen LogP contribution in [-0.4, -0.2) is 33.7 Å². The number of carbonyl (C=O) groups is 1. The second kappa shape index (κ2) is 6.26.